The Hall–Kier alpha value is -0.830. The van der Waals surface area contributed by atoms with Gasteiger partial charge in [0.15, 0.2) is 0 Å². The topological polar surface area (TPSA) is 29.9 Å². The average Bonchev–Trinajstić information content (AvgIpc) is 2.75. The second-order valence-corrected chi connectivity index (χ2v) is 7.18. The highest BCUT2D eigenvalue weighted by atomic mass is 15.3. The van der Waals surface area contributed by atoms with Crippen LogP contribution in [0.3, 0.4) is 0 Å². The van der Waals surface area contributed by atoms with Crippen LogP contribution in [0.5, 0.6) is 0 Å². The van der Waals surface area contributed by atoms with Crippen LogP contribution < -0.4 is 5.32 Å². The SMILES string of the molecule is CNCC1CCC(C(C)(C)C)CC1c1ccnn1C. The lowest BCUT2D eigenvalue weighted by molar-refractivity contribution is 0.127. The van der Waals surface area contributed by atoms with Gasteiger partial charge in [-0.1, -0.05) is 20.8 Å². The second-order valence-electron chi connectivity index (χ2n) is 7.18. The van der Waals surface area contributed by atoms with Crippen LogP contribution in [0.25, 0.3) is 0 Å². The summed E-state index contributed by atoms with van der Waals surface area (Å²) < 4.78 is 2.07. The minimum absolute atomic E-state index is 0.418. The fourth-order valence-corrected chi connectivity index (χ4v) is 3.64. The summed E-state index contributed by atoms with van der Waals surface area (Å²) >= 11 is 0. The molecule has 3 heteroatoms. The maximum absolute atomic E-state index is 4.37. The molecule has 1 saturated carbocycles. The first-order valence-corrected chi connectivity index (χ1v) is 7.56. The normalized spacial score (nSPS) is 28.6. The summed E-state index contributed by atoms with van der Waals surface area (Å²) in [5, 5.41) is 7.74. The first kappa shape index (κ1) is 14.6. The van der Waals surface area contributed by atoms with Crippen molar-refractivity contribution in [3.05, 3.63) is 18.0 Å². The molecule has 1 fully saturated rings. The Bertz CT molecular complexity index is 402. The van der Waals surface area contributed by atoms with Gasteiger partial charge in [-0.05, 0) is 56.2 Å². The lowest BCUT2D eigenvalue weighted by Crippen LogP contribution is -2.35. The molecule has 0 spiro atoms. The molecule has 3 atom stereocenters. The van der Waals surface area contributed by atoms with E-state index in [1.807, 2.05) is 6.20 Å². The minimum atomic E-state index is 0.418. The van der Waals surface area contributed by atoms with E-state index in [1.54, 1.807) is 0 Å². The standard InChI is InChI=1S/C16H29N3/c1-16(2,3)13-7-6-12(11-17-4)14(10-13)15-8-9-18-19(15)5/h8-9,12-14,17H,6-7,10-11H2,1-5H3. The van der Waals surface area contributed by atoms with Gasteiger partial charge >= 0.3 is 0 Å². The first-order valence-electron chi connectivity index (χ1n) is 7.56. The lowest BCUT2D eigenvalue weighted by Gasteiger charge is -2.42. The van der Waals surface area contributed by atoms with Crippen molar-refractivity contribution in [2.75, 3.05) is 13.6 Å². The van der Waals surface area contributed by atoms with Gasteiger partial charge in [0.1, 0.15) is 0 Å². The summed E-state index contributed by atoms with van der Waals surface area (Å²) in [6, 6.07) is 2.21. The lowest BCUT2D eigenvalue weighted by atomic mass is 9.64. The van der Waals surface area contributed by atoms with Crippen molar-refractivity contribution in [2.45, 2.75) is 46.0 Å². The Morgan fingerprint density at radius 1 is 1.37 bits per heavy atom. The highest BCUT2D eigenvalue weighted by molar-refractivity contribution is 5.11. The number of hydrogen-bond donors (Lipinski definition) is 1. The molecule has 1 heterocycles. The summed E-state index contributed by atoms with van der Waals surface area (Å²) in [7, 11) is 4.14. The van der Waals surface area contributed by atoms with E-state index in [1.165, 1.54) is 25.0 Å². The van der Waals surface area contributed by atoms with E-state index in [0.717, 1.165) is 18.4 Å². The van der Waals surface area contributed by atoms with E-state index >= 15 is 0 Å². The Balaban J connectivity index is 2.20. The molecule has 0 amide bonds. The van der Waals surface area contributed by atoms with Crippen molar-refractivity contribution in [1.29, 1.82) is 0 Å². The van der Waals surface area contributed by atoms with Gasteiger partial charge in [0.2, 0.25) is 0 Å². The summed E-state index contributed by atoms with van der Waals surface area (Å²) in [6.45, 7) is 8.27. The first-order chi connectivity index (χ1) is 8.93. The Morgan fingerprint density at radius 3 is 2.63 bits per heavy atom. The summed E-state index contributed by atoms with van der Waals surface area (Å²) in [6.07, 6.45) is 5.94. The van der Waals surface area contributed by atoms with E-state index < -0.39 is 0 Å². The molecule has 1 aromatic heterocycles. The molecule has 0 radical (unpaired) electrons. The van der Waals surface area contributed by atoms with Crippen LogP contribution in [0.2, 0.25) is 0 Å². The van der Waals surface area contributed by atoms with Crippen LogP contribution in [0.4, 0.5) is 0 Å². The molecule has 0 aromatic carbocycles. The van der Waals surface area contributed by atoms with E-state index in [-0.39, 0.29) is 0 Å². The molecule has 3 unspecified atom stereocenters. The van der Waals surface area contributed by atoms with Gasteiger partial charge in [0, 0.05) is 24.9 Å². The van der Waals surface area contributed by atoms with Crippen LogP contribution in [0.15, 0.2) is 12.3 Å². The second kappa shape index (κ2) is 5.66. The monoisotopic (exact) mass is 263 g/mol. The maximum Gasteiger partial charge on any atom is 0.0492 e. The number of hydrogen-bond acceptors (Lipinski definition) is 2. The quantitative estimate of drug-likeness (QED) is 0.907. The molecule has 0 aliphatic heterocycles. The van der Waals surface area contributed by atoms with Crippen molar-refractivity contribution < 1.29 is 0 Å². The molecule has 0 bridgehead atoms. The third-order valence-electron chi connectivity index (χ3n) is 4.92. The third-order valence-corrected chi connectivity index (χ3v) is 4.92. The summed E-state index contributed by atoms with van der Waals surface area (Å²) in [5.74, 6) is 2.22. The fraction of sp³-hybridized carbons (Fsp3) is 0.812. The van der Waals surface area contributed by atoms with E-state index in [4.69, 9.17) is 0 Å². The minimum Gasteiger partial charge on any atom is -0.319 e. The van der Waals surface area contributed by atoms with Crippen LogP contribution in [0.1, 0.15) is 51.6 Å². The molecular formula is C16H29N3. The number of nitrogens with zero attached hydrogens (tertiary/aromatic N) is 2. The Labute approximate surface area is 117 Å². The van der Waals surface area contributed by atoms with Crippen molar-refractivity contribution in [2.24, 2.45) is 24.3 Å². The fourth-order valence-electron chi connectivity index (χ4n) is 3.64. The Kier molecular flexibility index (Phi) is 4.34. The van der Waals surface area contributed by atoms with Crippen LogP contribution in [-0.2, 0) is 7.05 Å². The van der Waals surface area contributed by atoms with E-state index in [2.05, 4.69) is 56.0 Å². The van der Waals surface area contributed by atoms with Gasteiger partial charge in [-0.3, -0.25) is 4.68 Å². The van der Waals surface area contributed by atoms with Crippen LogP contribution in [0, 0.1) is 17.3 Å². The molecule has 19 heavy (non-hydrogen) atoms. The van der Waals surface area contributed by atoms with E-state index in [0.29, 0.717) is 11.3 Å². The van der Waals surface area contributed by atoms with Gasteiger partial charge in [-0.15, -0.1) is 0 Å². The molecule has 108 valence electrons. The van der Waals surface area contributed by atoms with Crippen molar-refractivity contribution in [3.8, 4) is 0 Å². The zero-order valence-electron chi connectivity index (χ0n) is 13.1. The van der Waals surface area contributed by atoms with Crippen molar-refractivity contribution >= 4 is 0 Å². The molecule has 1 aliphatic rings. The smallest absolute Gasteiger partial charge is 0.0492 e. The van der Waals surface area contributed by atoms with E-state index in [9.17, 15) is 0 Å². The number of rotatable bonds is 3. The number of aromatic nitrogens is 2. The largest absolute Gasteiger partial charge is 0.319 e. The molecular weight excluding hydrogens is 234 g/mol. The van der Waals surface area contributed by atoms with Gasteiger partial charge < -0.3 is 5.32 Å². The number of nitrogens with one attached hydrogen (secondary N) is 1. The maximum atomic E-state index is 4.37. The highest BCUT2D eigenvalue weighted by Crippen LogP contribution is 2.46. The van der Waals surface area contributed by atoms with Crippen molar-refractivity contribution in [3.63, 3.8) is 0 Å². The molecule has 1 aliphatic carbocycles. The van der Waals surface area contributed by atoms with Crippen LogP contribution >= 0.6 is 0 Å². The molecule has 1 aromatic rings. The van der Waals surface area contributed by atoms with Gasteiger partial charge in [0.25, 0.3) is 0 Å². The van der Waals surface area contributed by atoms with Gasteiger partial charge in [-0.2, -0.15) is 5.10 Å². The predicted molar refractivity (Wildman–Crippen MR) is 80.2 cm³/mol. The molecule has 0 saturated heterocycles. The van der Waals surface area contributed by atoms with Gasteiger partial charge in [0.05, 0.1) is 0 Å². The predicted octanol–water partition coefficient (Wildman–Crippen LogP) is 3.19. The molecule has 3 nitrogen and oxygen atoms in total. The zero-order valence-corrected chi connectivity index (χ0v) is 13.1. The third kappa shape index (κ3) is 3.19. The van der Waals surface area contributed by atoms with Crippen molar-refractivity contribution in [1.82, 2.24) is 15.1 Å². The zero-order chi connectivity index (χ0) is 14.0. The Morgan fingerprint density at radius 2 is 2.11 bits per heavy atom. The summed E-state index contributed by atoms with van der Waals surface area (Å²) in [4.78, 5) is 0. The van der Waals surface area contributed by atoms with Gasteiger partial charge in [-0.25, -0.2) is 0 Å². The average molecular weight is 263 g/mol. The summed E-state index contributed by atoms with van der Waals surface area (Å²) in [5.41, 5.74) is 1.83. The van der Waals surface area contributed by atoms with Crippen LogP contribution in [-0.4, -0.2) is 23.4 Å². The number of aryl methyl sites for hydroxylation is 1. The molecule has 1 N–H and O–H groups in total. The molecule has 2 rings (SSSR count). The highest BCUT2D eigenvalue weighted by Gasteiger charge is 2.37.